The maximum Gasteiger partial charge on any atom is 0.264 e. The second kappa shape index (κ2) is 4.99. The van der Waals surface area contributed by atoms with Crippen LogP contribution in [0, 0.1) is 0 Å². The number of hydrogen-bond acceptors (Lipinski definition) is 2. The van der Waals surface area contributed by atoms with E-state index in [4.69, 9.17) is 0 Å². The molecular formula is C18H19NOS. The van der Waals surface area contributed by atoms with Crippen LogP contribution in [0.15, 0.2) is 30.3 Å². The Morgan fingerprint density at radius 1 is 1.19 bits per heavy atom. The van der Waals surface area contributed by atoms with Gasteiger partial charge in [-0.1, -0.05) is 24.3 Å². The molecule has 0 unspecified atom stereocenters. The largest absolute Gasteiger partial charge is 0.334 e. The molecule has 0 saturated carbocycles. The number of fused-ring (bicyclic) bond motifs is 2. The minimum atomic E-state index is 0.191. The van der Waals surface area contributed by atoms with E-state index in [9.17, 15) is 4.79 Å². The molecule has 1 heterocycles. The molecule has 0 spiro atoms. The summed E-state index contributed by atoms with van der Waals surface area (Å²) in [5, 5.41) is 0. The van der Waals surface area contributed by atoms with Gasteiger partial charge in [0, 0.05) is 11.9 Å². The number of carbonyl (C=O) groups excluding carboxylic acids is 1. The molecule has 0 radical (unpaired) electrons. The lowest BCUT2D eigenvalue weighted by Gasteiger charge is -2.25. The molecule has 0 N–H and O–H groups in total. The second-order valence-electron chi connectivity index (χ2n) is 6.08. The third-order valence-electron chi connectivity index (χ3n) is 4.85. The molecule has 0 fully saturated rings. The zero-order valence-electron chi connectivity index (χ0n) is 12.3. The van der Waals surface area contributed by atoms with Crippen molar-refractivity contribution in [1.29, 1.82) is 0 Å². The van der Waals surface area contributed by atoms with Gasteiger partial charge < -0.3 is 4.90 Å². The average molecular weight is 297 g/mol. The van der Waals surface area contributed by atoms with Gasteiger partial charge in [0.1, 0.15) is 0 Å². The average Bonchev–Trinajstić information content (AvgIpc) is 3.19. The minimum absolute atomic E-state index is 0.191. The fraction of sp³-hybridized carbons (Fsp3) is 0.389. The van der Waals surface area contributed by atoms with Gasteiger partial charge in [-0.05, 0) is 54.9 Å². The molecular weight excluding hydrogens is 278 g/mol. The topological polar surface area (TPSA) is 20.3 Å². The number of aryl methyl sites for hydroxylation is 3. The molecule has 0 bridgehead atoms. The zero-order chi connectivity index (χ0) is 14.4. The molecule has 2 aromatic rings. The molecule has 1 amide bonds. The van der Waals surface area contributed by atoms with E-state index in [0.717, 1.165) is 30.6 Å². The molecule has 0 saturated heterocycles. The van der Waals surface area contributed by atoms with Crippen molar-refractivity contribution in [3.05, 3.63) is 56.8 Å². The number of rotatable bonds is 2. The van der Waals surface area contributed by atoms with Crippen molar-refractivity contribution in [1.82, 2.24) is 4.90 Å². The van der Waals surface area contributed by atoms with Gasteiger partial charge in [-0.3, -0.25) is 4.79 Å². The Hall–Kier alpha value is -1.61. The SMILES string of the molecule is CN(C(=O)c1cc2c(s1)CCC2)[C@@H]1CCc2ccccc21. The summed E-state index contributed by atoms with van der Waals surface area (Å²) in [6, 6.07) is 10.9. The highest BCUT2D eigenvalue weighted by Gasteiger charge is 2.30. The van der Waals surface area contributed by atoms with Crippen LogP contribution in [0.1, 0.15) is 50.1 Å². The van der Waals surface area contributed by atoms with Gasteiger partial charge in [-0.2, -0.15) is 0 Å². The summed E-state index contributed by atoms with van der Waals surface area (Å²) in [4.78, 5) is 17.1. The van der Waals surface area contributed by atoms with Crippen LogP contribution in [0.3, 0.4) is 0 Å². The van der Waals surface area contributed by atoms with Crippen molar-refractivity contribution in [3.8, 4) is 0 Å². The smallest absolute Gasteiger partial charge is 0.264 e. The van der Waals surface area contributed by atoms with Gasteiger partial charge in [0.15, 0.2) is 0 Å². The monoisotopic (exact) mass is 297 g/mol. The van der Waals surface area contributed by atoms with Gasteiger partial charge in [-0.15, -0.1) is 11.3 Å². The zero-order valence-corrected chi connectivity index (χ0v) is 13.1. The lowest BCUT2D eigenvalue weighted by atomic mass is 10.1. The molecule has 3 heteroatoms. The summed E-state index contributed by atoms with van der Waals surface area (Å²) in [5.41, 5.74) is 4.14. The summed E-state index contributed by atoms with van der Waals surface area (Å²) in [6.45, 7) is 0. The van der Waals surface area contributed by atoms with Crippen molar-refractivity contribution in [2.24, 2.45) is 0 Å². The predicted molar refractivity (Wildman–Crippen MR) is 85.9 cm³/mol. The molecule has 0 aliphatic heterocycles. The van der Waals surface area contributed by atoms with Crippen LogP contribution in [0.2, 0.25) is 0 Å². The van der Waals surface area contributed by atoms with E-state index < -0.39 is 0 Å². The van der Waals surface area contributed by atoms with Crippen molar-refractivity contribution in [3.63, 3.8) is 0 Å². The van der Waals surface area contributed by atoms with E-state index in [1.807, 2.05) is 11.9 Å². The third-order valence-corrected chi connectivity index (χ3v) is 6.07. The molecule has 108 valence electrons. The predicted octanol–water partition coefficient (Wildman–Crippen LogP) is 4.00. The Morgan fingerprint density at radius 3 is 2.90 bits per heavy atom. The summed E-state index contributed by atoms with van der Waals surface area (Å²) in [5.74, 6) is 0.191. The Kier molecular flexibility index (Phi) is 3.11. The van der Waals surface area contributed by atoms with Crippen LogP contribution in [-0.2, 0) is 19.3 Å². The number of nitrogens with zero attached hydrogens (tertiary/aromatic N) is 1. The third kappa shape index (κ3) is 2.11. The molecule has 1 aromatic heterocycles. The van der Waals surface area contributed by atoms with Crippen LogP contribution < -0.4 is 0 Å². The molecule has 2 aliphatic rings. The fourth-order valence-corrected chi connectivity index (χ4v) is 4.92. The van der Waals surface area contributed by atoms with Crippen LogP contribution in [-0.4, -0.2) is 17.9 Å². The lowest BCUT2D eigenvalue weighted by Crippen LogP contribution is -2.29. The molecule has 1 atom stereocenters. The maximum absolute atomic E-state index is 12.8. The Balaban J connectivity index is 1.60. The van der Waals surface area contributed by atoms with E-state index in [1.165, 1.54) is 28.0 Å². The highest BCUT2D eigenvalue weighted by Crippen LogP contribution is 2.37. The lowest BCUT2D eigenvalue weighted by molar-refractivity contribution is 0.0735. The van der Waals surface area contributed by atoms with Gasteiger partial charge in [-0.25, -0.2) is 0 Å². The van der Waals surface area contributed by atoms with Gasteiger partial charge in [0.2, 0.25) is 0 Å². The summed E-state index contributed by atoms with van der Waals surface area (Å²) in [7, 11) is 1.96. The first-order valence-electron chi connectivity index (χ1n) is 7.70. The summed E-state index contributed by atoms with van der Waals surface area (Å²) < 4.78 is 0. The first-order valence-corrected chi connectivity index (χ1v) is 8.52. The number of carbonyl (C=O) groups is 1. The Bertz CT molecular complexity index is 681. The highest BCUT2D eigenvalue weighted by atomic mass is 32.1. The van der Waals surface area contributed by atoms with Crippen LogP contribution in [0.5, 0.6) is 0 Å². The van der Waals surface area contributed by atoms with E-state index in [-0.39, 0.29) is 11.9 Å². The van der Waals surface area contributed by atoms with Crippen LogP contribution in [0.25, 0.3) is 0 Å². The van der Waals surface area contributed by atoms with Crippen molar-refractivity contribution >= 4 is 17.2 Å². The fourth-order valence-electron chi connectivity index (χ4n) is 3.69. The standard InChI is InChI=1S/C18H19NOS/c1-19(15-10-9-12-5-2-3-7-14(12)15)18(20)17-11-13-6-4-8-16(13)21-17/h2-3,5,7,11,15H,4,6,8-10H2,1H3/t15-/m1/s1. The number of amides is 1. The number of benzene rings is 1. The van der Waals surface area contributed by atoms with Gasteiger partial charge in [0.25, 0.3) is 5.91 Å². The normalized spacial score (nSPS) is 19.4. The van der Waals surface area contributed by atoms with Crippen LogP contribution in [0.4, 0.5) is 0 Å². The molecule has 1 aromatic carbocycles. The molecule has 4 rings (SSSR count). The quantitative estimate of drug-likeness (QED) is 0.820. The Labute approximate surface area is 129 Å². The summed E-state index contributed by atoms with van der Waals surface area (Å²) >= 11 is 1.71. The van der Waals surface area contributed by atoms with E-state index in [2.05, 4.69) is 30.3 Å². The summed E-state index contributed by atoms with van der Waals surface area (Å²) in [6.07, 6.45) is 5.69. The Morgan fingerprint density at radius 2 is 2.05 bits per heavy atom. The van der Waals surface area contributed by atoms with E-state index >= 15 is 0 Å². The second-order valence-corrected chi connectivity index (χ2v) is 7.22. The van der Waals surface area contributed by atoms with Crippen molar-refractivity contribution in [2.45, 2.75) is 38.1 Å². The van der Waals surface area contributed by atoms with Crippen molar-refractivity contribution in [2.75, 3.05) is 7.05 Å². The number of thiophene rings is 1. The van der Waals surface area contributed by atoms with Crippen molar-refractivity contribution < 1.29 is 4.79 Å². The molecule has 21 heavy (non-hydrogen) atoms. The first kappa shape index (κ1) is 13.1. The minimum Gasteiger partial charge on any atom is -0.334 e. The molecule has 2 nitrogen and oxygen atoms in total. The first-order chi connectivity index (χ1) is 10.2. The molecule has 2 aliphatic carbocycles. The van der Waals surface area contributed by atoms with Gasteiger partial charge in [0.05, 0.1) is 10.9 Å². The van der Waals surface area contributed by atoms with E-state index in [1.54, 1.807) is 11.3 Å². The number of hydrogen-bond donors (Lipinski definition) is 0. The maximum atomic E-state index is 12.8. The highest BCUT2D eigenvalue weighted by molar-refractivity contribution is 7.14. The van der Waals surface area contributed by atoms with Gasteiger partial charge >= 0.3 is 0 Å². The van der Waals surface area contributed by atoms with Crippen LogP contribution >= 0.6 is 11.3 Å². The van der Waals surface area contributed by atoms with E-state index in [0.29, 0.717) is 0 Å².